The summed E-state index contributed by atoms with van der Waals surface area (Å²) in [6.07, 6.45) is 2.06. The molecule has 148 valence electrons. The summed E-state index contributed by atoms with van der Waals surface area (Å²) < 4.78 is 0. The van der Waals surface area contributed by atoms with Crippen molar-refractivity contribution < 1.29 is 9.59 Å². The maximum absolute atomic E-state index is 13.0. The highest BCUT2D eigenvalue weighted by Crippen LogP contribution is 2.12. The average molecular weight is 408 g/mol. The third-order valence-electron chi connectivity index (χ3n) is 4.50. The van der Waals surface area contributed by atoms with Gasteiger partial charge in [-0.25, -0.2) is 0 Å². The minimum absolute atomic E-state index is 0.269. The molecule has 0 aliphatic carbocycles. The van der Waals surface area contributed by atoms with Crippen LogP contribution in [0.25, 0.3) is 0 Å². The Kier molecular flexibility index (Phi) is 6.98. The molecule has 0 aliphatic rings. The first-order chi connectivity index (χ1) is 14.0. The van der Waals surface area contributed by atoms with Crippen LogP contribution in [0.15, 0.2) is 79.0 Å². The van der Waals surface area contributed by atoms with Crippen LogP contribution in [0.5, 0.6) is 0 Å². The van der Waals surface area contributed by atoms with Crippen LogP contribution >= 0.6 is 11.6 Å². The fraction of sp³-hybridized carbons (Fsp3) is 0.174. The molecule has 2 N–H and O–H groups in total. The molecule has 0 fully saturated rings. The van der Waals surface area contributed by atoms with Gasteiger partial charge in [-0.1, -0.05) is 48.0 Å². The normalized spacial score (nSPS) is 12.6. The second-order valence-corrected chi connectivity index (χ2v) is 7.14. The van der Waals surface area contributed by atoms with Crippen LogP contribution in [0.3, 0.4) is 0 Å². The van der Waals surface area contributed by atoms with Crippen molar-refractivity contribution in [3.05, 3.63) is 101 Å². The van der Waals surface area contributed by atoms with Crippen molar-refractivity contribution in [2.75, 3.05) is 0 Å². The van der Waals surface area contributed by atoms with Gasteiger partial charge in [-0.15, -0.1) is 0 Å². The van der Waals surface area contributed by atoms with Gasteiger partial charge in [0.15, 0.2) is 0 Å². The van der Waals surface area contributed by atoms with Crippen LogP contribution in [-0.4, -0.2) is 22.8 Å². The predicted octanol–water partition coefficient (Wildman–Crippen LogP) is 3.95. The molecule has 0 bridgehead atoms. The fourth-order valence-corrected chi connectivity index (χ4v) is 3.05. The number of halogens is 1. The van der Waals surface area contributed by atoms with Crippen LogP contribution in [0.4, 0.5) is 0 Å². The van der Waals surface area contributed by atoms with E-state index in [0.717, 1.165) is 11.3 Å². The Balaban J connectivity index is 1.75. The lowest BCUT2D eigenvalue weighted by Gasteiger charge is -2.21. The van der Waals surface area contributed by atoms with Crippen LogP contribution in [-0.2, 0) is 11.2 Å². The molecule has 2 amide bonds. The van der Waals surface area contributed by atoms with E-state index in [2.05, 4.69) is 15.6 Å². The van der Waals surface area contributed by atoms with Gasteiger partial charge >= 0.3 is 0 Å². The van der Waals surface area contributed by atoms with E-state index in [9.17, 15) is 9.59 Å². The van der Waals surface area contributed by atoms with Crippen LogP contribution in [0, 0.1) is 0 Å². The Morgan fingerprint density at radius 3 is 2.28 bits per heavy atom. The van der Waals surface area contributed by atoms with E-state index in [4.69, 9.17) is 11.6 Å². The molecule has 2 atom stereocenters. The Bertz CT molecular complexity index is 947. The molecule has 29 heavy (non-hydrogen) atoms. The second-order valence-electron chi connectivity index (χ2n) is 6.71. The summed E-state index contributed by atoms with van der Waals surface area (Å²) in [4.78, 5) is 29.9. The van der Waals surface area contributed by atoms with Gasteiger partial charge in [-0.2, -0.15) is 0 Å². The first-order valence-corrected chi connectivity index (χ1v) is 9.72. The van der Waals surface area contributed by atoms with Gasteiger partial charge in [0.05, 0.1) is 11.7 Å². The maximum atomic E-state index is 13.0. The summed E-state index contributed by atoms with van der Waals surface area (Å²) in [5, 5.41) is 6.33. The minimum Gasteiger partial charge on any atom is -0.346 e. The summed E-state index contributed by atoms with van der Waals surface area (Å²) in [6.45, 7) is 1.86. The maximum Gasteiger partial charge on any atom is 0.251 e. The van der Waals surface area contributed by atoms with E-state index < -0.39 is 6.04 Å². The summed E-state index contributed by atoms with van der Waals surface area (Å²) in [5.41, 5.74) is 2.15. The molecule has 0 saturated heterocycles. The van der Waals surface area contributed by atoms with Crippen LogP contribution < -0.4 is 10.6 Å². The Morgan fingerprint density at radius 2 is 1.62 bits per heavy atom. The molecular formula is C23H22ClN3O2. The Morgan fingerprint density at radius 1 is 0.931 bits per heavy atom. The molecule has 2 unspecified atom stereocenters. The zero-order chi connectivity index (χ0) is 20.6. The van der Waals surface area contributed by atoms with E-state index in [1.165, 1.54) is 0 Å². The number of aromatic nitrogens is 1. The number of nitrogens with zero attached hydrogens (tertiary/aromatic N) is 1. The number of rotatable bonds is 7. The standard InChI is InChI=1S/C23H22ClN3O2/c1-16(20-9-5-6-14-25-20)26-23(29)21(15-17-7-3-2-4-8-17)27-22(28)18-10-12-19(24)13-11-18/h2-14,16,21H,15H2,1H3,(H,26,29)(H,27,28). The molecule has 6 heteroatoms. The summed E-state index contributed by atoms with van der Waals surface area (Å²) in [7, 11) is 0. The predicted molar refractivity (Wildman–Crippen MR) is 114 cm³/mol. The van der Waals surface area contributed by atoms with Crippen molar-refractivity contribution >= 4 is 23.4 Å². The first kappa shape index (κ1) is 20.6. The SMILES string of the molecule is CC(NC(=O)C(Cc1ccccc1)NC(=O)c1ccc(Cl)cc1)c1ccccn1. The van der Waals surface area contributed by atoms with Crippen molar-refractivity contribution in [2.45, 2.75) is 25.4 Å². The minimum atomic E-state index is -0.730. The van der Waals surface area contributed by atoms with Gasteiger partial charge < -0.3 is 10.6 Å². The van der Waals surface area contributed by atoms with Crippen LogP contribution in [0.1, 0.15) is 34.6 Å². The van der Waals surface area contributed by atoms with Crippen molar-refractivity contribution in [3.63, 3.8) is 0 Å². The molecular weight excluding hydrogens is 386 g/mol. The number of amides is 2. The highest BCUT2D eigenvalue weighted by molar-refractivity contribution is 6.30. The van der Waals surface area contributed by atoms with E-state index in [1.54, 1.807) is 30.5 Å². The summed E-state index contributed by atoms with van der Waals surface area (Å²) in [6, 6.07) is 20.7. The van der Waals surface area contributed by atoms with E-state index in [-0.39, 0.29) is 17.9 Å². The van der Waals surface area contributed by atoms with Crippen molar-refractivity contribution in [1.82, 2.24) is 15.6 Å². The number of nitrogens with one attached hydrogen (secondary N) is 2. The molecule has 0 spiro atoms. The first-order valence-electron chi connectivity index (χ1n) is 9.34. The lowest BCUT2D eigenvalue weighted by molar-refractivity contribution is -0.123. The van der Waals surface area contributed by atoms with Crippen molar-refractivity contribution in [2.24, 2.45) is 0 Å². The Hall–Kier alpha value is -3.18. The highest BCUT2D eigenvalue weighted by atomic mass is 35.5. The largest absolute Gasteiger partial charge is 0.346 e. The average Bonchev–Trinajstić information content (AvgIpc) is 2.75. The van der Waals surface area contributed by atoms with Gasteiger partial charge in [-0.3, -0.25) is 14.6 Å². The zero-order valence-corrected chi connectivity index (χ0v) is 16.8. The van der Waals surface area contributed by atoms with Crippen LogP contribution in [0.2, 0.25) is 5.02 Å². The highest BCUT2D eigenvalue weighted by Gasteiger charge is 2.24. The van der Waals surface area contributed by atoms with Gasteiger partial charge in [0.25, 0.3) is 5.91 Å². The smallest absolute Gasteiger partial charge is 0.251 e. The van der Waals surface area contributed by atoms with E-state index in [0.29, 0.717) is 17.0 Å². The summed E-state index contributed by atoms with van der Waals surface area (Å²) >= 11 is 5.89. The lowest BCUT2D eigenvalue weighted by atomic mass is 10.0. The number of carbonyl (C=O) groups excluding carboxylic acids is 2. The lowest BCUT2D eigenvalue weighted by Crippen LogP contribution is -2.48. The third kappa shape index (κ3) is 5.90. The monoisotopic (exact) mass is 407 g/mol. The molecule has 1 aromatic heterocycles. The molecule has 3 aromatic rings. The second kappa shape index (κ2) is 9.85. The van der Waals surface area contributed by atoms with Gasteiger partial charge in [0, 0.05) is 23.2 Å². The quantitative estimate of drug-likeness (QED) is 0.622. The molecule has 3 rings (SSSR count). The molecule has 1 heterocycles. The molecule has 0 radical (unpaired) electrons. The van der Waals surface area contributed by atoms with Crippen molar-refractivity contribution in [1.29, 1.82) is 0 Å². The van der Waals surface area contributed by atoms with E-state index >= 15 is 0 Å². The topological polar surface area (TPSA) is 71.1 Å². The number of hydrogen-bond acceptors (Lipinski definition) is 3. The Labute approximate surface area is 175 Å². The van der Waals surface area contributed by atoms with E-state index in [1.807, 2.05) is 55.5 Å². The molecule has 0 saturated carbocycles. The van der Waals surface area contributed by atoms with Gasteiger partial charge in [0.1, 0.15) is 6.04 Å². The zero-order valence-electron chi connectivity index (χ0n) is 16.0. The summed E-state index contributed by atoms with van der Waals surface area (Å²) in [5.74, 6) is -0.599. The molecule has 5 nitrogen and oxygen atoms in total. The number of benzene rings is 2. The molecule has 0 aliphatic heterocycles. The van der Waals surface area contributed by atoms with Crippen molar-refractivity contribution in [3.8, 4) is 0 Å². The molecule has 2 aromatic carbocycles. The third-order valence-corrected chi connectivity index (χ3v) is 4.75. The van der Waals surface area contributed by atoms with Gasteiger partial charge in [0.2, 0.25) is 5.91 Å². The fourth-order valence-electron chi connectivity index (χ4n) is 2.92. The number of hydrogen-bond donors (Lipinski definition) is 2. The number of carbonyl (C=O) groups is 2. The van der Waals surface area contributed by atoms with Gasteiger partial charge in [-0.05, 0) is 48.9 Å². The number of pyridine rings is 1.